The fraction of sp³-hybridized carbons (Fsp3) is 0.440. The molecule has 2 amide bonds. The Bertz CT molecular complexity index is 879. The molecule has 4 nitrogen and oxygen atoms in total. The van der Waals surface area contributed by atoms with Gasteiger partial charge in [0.15, 0.2) is 0 Å². The molecule has 6 heteroatoms. The zero-order valence-electron chi connectivity index (χ0n) is 17.9. The molecule has 1 atom stereocenters. The van der Waals surface area contributed by atoms with E-state index >= 15 is 0 Å². The number of carbonyl (C=O) groups excluding carboxylic acids is 2. The van der Waals surface area contributed by atoms with E-state index in [1.165, 1.54) is 0 Å². The summed E-state index contributed by atoms with van der Waals surface area (Å²) in [4.78, 5) is 28.1. The summed E-state index contributed by atoms with van der Waals surface area (Å²) >= 11 is 12.3. The van der Waals surface area contributed by atoms with Gasteiger partial charge in [-0.15, -0.1) is 0 Å². The Hall–Kier alpha value is -2.04. The lowest BCUT2D eigenvalue weighted by Crippen LogP contribution is -2.51. The van der Waals surface area contributed by atoms with Crippen LogP contribution in [-0.4, -0.2) is 28.8 Å². The summed E-state index contributed by atoms with van der Waals surface area (Å²) in [5.74, 6) is -0.113. The van der Waals surface area contributed by atoms with Gasteiger partial charge >= 0.3 is 0 Å². The molecule has 2 aromatic carbocycles. The summed E-state index contributed by atoms with van der Waals surface area (Å²) < 4.78 is 0. The fourth-order valence-corrected chi connectivity index (χ4v) is 4.52. The van der Waals surface area contributed by atoms with Crippen molar-refractivity contribution >= 4 is 35.0 Å². The molecule has 0 aromatic heterocycles. The normalized spacial score (nSPS) is 14.9. The van der Waals surface area contributed by atoms with E-state index in [4.69, 9.17) is 23.2 Å². The number of nitrogens with zero attached hydrogens (tertiary/aromatic N) is 1. The zero-order valence-corrected chi connectivity index (χ0v) is 19.5. The molecule has 1 aliphatic carbocycles. The van der Waals surface area contributed by atoms with Crippen molar-refractivity contribution in [1.29, 1.82) is 0 Å². The zero-order chi connectivity index (χ0) is 22.2. The first kappa shape index (κ1) is 23.6. The van der Waals surface area contributed by atoms with Crippen molar-refractivity contribution in [3.63, 3.8) is 0 Å². The number of nitrogens with one attached hydrogen (secondary N) is 1. The third-order valence-electron chi connectivity index (χ3n) is 5.92. The summed E-state index contributed by atoms with van der Waals surface area (Å²) in [5.41, 5.74) is 1.88. The maximum Gasteiger partial charge on any atom is 0.243 e. The van der Waals surface area contributed by atoms with E-state index < -0.39 is 6.04 Å². The van der Waals surface area contributed by atoms with Crippen molar-refractivity contribution in [2.75, 3.05) is 0 Å². The third kappa shape index (κ3) is 6.72. The molecule has 0 aliphatic heterocycles. The molecule has 31 heavy (non-hydrogen) atoms. The molecule has 0 spiro atoms. The average molecular weight is 461 g/mol. The first-order valence-corrected chi connectivity index (χ1v) is 11.8. The molecule has 0 heterocycles. The van der Waals surface area contributed by atoms with E-state index in [0.29, 0.717) is 35.9 Å². The number of amides is 2. The molecule has 1 N–H and O–H groups in total. The minimum Gasteiger partial charge on any atom is -0.352 e. The third-order valence-corrected chi connectivity index (χ3v) is 6.54. The number of benzene rings is 2. The lowest BCUT2D eigenvalue weighted by atomic mass is 10.1. The predicted molar refractivity (Wildman–Crippen MR) is 126 cm³/mol. The van der Waals surface area contributed by atoms with Crippen LogP contribution in [0.25, 0.3) is 0 Å². The van der Waals surface area contributed by atoms with Gasteiger partial charge in [0.2, 0.25) is 11.8 Å². The standard InChI is InChI=1S/C25H30Cl2N2O2/c1-2-23(25(31)28-21-8-4-5-9-21)29(17-18-11-14-20(26)15-12-18)24(30)16-13-19-7-3-6-10-22(19)27/h3,6-7,10-12,14-15,21,23H,2,4-5,8-9,13,16-17H2,1H3,(H,28,31)/t23-/m1/s1. The highest BCUT2D eigenvalue weighted by Gasteiger charge is 2.30. The van der Waals surface area contributed by atoms with Gasteiger partial charge < -0.3 is 10.2 Å². The van der Waals surface area contributed by atoms with Gasteiger partial charge in [0.05, 0.1) is 0 Å². The lowest BCUT2D eigenvalue weighted by Gasteiger charge is -2.31. The Kier molecular flexibility index (Phi) is 8.79. The van der Waals surface area contributed by atoms with E-state index in [0.717, 1.165) is 36.8 Å². The van der Waals surface area contributed by atoms with Crippen LogP contribution < -0.4 is 5.32 Å². The highest BCUT2D eigenvalue weighted by Crippen LogP contribution is 2.21. The summed E-state index contributed by atoms with van der Waals surface area (Å²) in [6.07, 6.45) is 5.71. The highest BCUT2D eigenvalue weighted by molar-refractivity contribution is 6.31. The Morgan fingerprint density at radius 1 is 1.06 bits per heavy atom. The van der Waals surface area contributed by atoms with Crippen LogP contribution in [-0.2, 0) is 22.6 Å². The number of rotatable bonds is 9. The minimum atomic E-state index is -0.505. The van der Waals surface area contributed by atoms with Gasteiger partial charge in [-0.2, -0.15) is 0 Å². The van der Waals surface area contributed by atoms with Crippen LogP contribution >= 0.6 is 23.2 Å². The number of carbonyl (C=O) groups is 2. The Morgan fingerprint density at radius 2 is 1.74 bits per heavy atom. The largest absolute Gasteiger partial charge is 0.352 e. The van der Waals surface area contributed by atoms with Crippen LogP contribution in [0.5, 0.6) is 0 Å². The number of aryl methyl sites for hydroxylation is 1. The molecule has 0 radical (unpaired) electrons. The SMILES string of the molecule is CC[C@H](C(=O)NC1CCCC1)N(Cc1ccc(Cl)cc1)C(=O)CCc1ccccc1Cl. The van der Waals surface area contributed by atoms with Crippen LogP contribution in [0.1, 0.15) is 56.6 Å². The van der Waals surface area contributed by atoms with Gasteiger partial charge in [-0.1, -0.05) is 73.3 Å². The molecular formula is C25H30Cl2N2O2. The number of hydrogen-bond acceptors (Lipinski definition) is 2. The van der Waals surface area contributed by atoms with E-state index in [2.05, 4.69) is 5.32 Å². The fourth-order valence-electron chi connectivity index (χ4n) is 4.16. The van der Waals surface area contributed by atoms with Crippen molar-refractivity contribution < 1.29 is 9.59 Å². The van der Waals surface area contributed by atoms with E-state index in [-0.39, 0.29) is 17.9 Å². The number of hydrogen-bond donors (Lipinski definition) is 1. The molecule has 1 fully saturated rings. The van der Waals surface area contributed by atoms with Crippen LogP contribution in [0.15, 0.2) is 48.5 Å². The molecule has 0 unspecified atom stereocenters. The van der Waals surface area contributed by atoms with Crippen molar-refractivity contribution in [3.05, 3.63) is 69.7 Å². The highest BCUT2D eigenvalue weighted by atomic mass is 35.5. The Labute approximate surface area is 194 Å². The number of halogens is 2. The quantitative estimate of drug-likeness (QED) is 0.514. The van der Waals surface area contributed by atoms with Gasteiger partial charge in [0.25, 0.3) is 0 Å². The Morgan fingerprint density at radius 3 is 2.39 bits per heavy atom. The molecular weight excluding hydrogens is 431 g/mol. The van der Waals surface area contributed by atoms with Gasteiger partial charge in [0.1, 0.15) is 6.04 Å². The van der Waals surface area contributed by atoms with Crippen molar-refractivity contribution in [2.24, 2.45) is 0 Å². The summed E-state index contributed by atoms with van der Waals surface area (Å²) in [7, 11) is 0. The van der Waals surface area contributed by atoms with E-state index in [1.54, 1.807) is 4.90 Å². The second kappa shape index (κ2) is 11.5. The predicted octanol–water partition coefficient (Wildman–Crippen LogP) is 5.79. The average Bonchev–Trinajstić information content (AvgIpc) is 3.27. The van der Waals surface area contributed by atoms with Crippen LogP contribution in [0.3, 0.4) is 0 Å². The minimum absolute atomic E-state index is 0.0525. The molecule has 0 bridgehead atoms. The molecule has 1 aliphatic rings. The molecule has 0 saturated heterocycles. The molecule has 3 rings (SSSR count). The van der Waals surface area contributed by atoms with E-state index in [1.807, 2.05) is 55.5 Å². The second-order valence-corrected chi connectivity index (χ2v) is 9.00. The van der Waals surface area contributed by atoms with Gasteiger partial charge in [-0.3, -0.25) is 9.59 Å². The molecule has 2 aromatic rings. The topological polar surface area (TPSA) is 49.4 Å². The lowest BCUT2D eigenvalue weighted by molar-refractivity contribution is -0.141. The smallest absolute Gasteiger partial charge is 0.243 e. The second-order valence-electron chi connectivity index (χ2n) is 8.15. The van der Waals surface area contributed by atoms with Crippen LogP contribution in [0, 0.1) is 0 Å². The Balaban J connectivity index is 1.76. The first-order chi connectivity index (χ1) is 15.0. The van der Waals surface area contributed by atoms with Gasteiger partial charge in [0, 0.05) is 29.1 Å². The van der Waals surface area contributed by atoms with Gasteiger partial charge in [-0.25, -0.2) is 0 Å². The van der Waals surface area contributed by atoms with Crippen molar-refractivity contribution in [1.82, 2.24) is 10.2 Å². The van der Waals surface area contributed by atoms with Gasteiger partial charge in [-0.05, 0) is 55.0 Å². The van der Waals surface area contributed by atoms with Crippen molar-refractivity contribution in [3.8, 4) is 0 Å². The molecule has 166 valence electrons. The monoisotopic (exact) mass is 460 g/mol. The first-order valence-electron chi connectivity index (χ1n) is 11.1. The van der Waals surface area contributed by atoms with Crippen LogP contribution in [0.4, 0.5) is 0 Å². The van der Waals surface area contributed by atoms with Crippen molar-refractivity contribution in [2.45, 2.75) is 70.5 Å². The summed E-state index contributed by atoms with van der Waals surface area (Å²) in [6, 6.07) is 14.7. The van der Waals surface area contributed by atoms with E-state index in [9.17, 15) is 9.59 Å². The maximum atomic E-state index is 13.3. The summed E-state index contributed by atoms with van der Waals surface area (Å²) in [5, 5.41) is 4.47. The maximum absolute atomic E-state index is 13.3. The molecule has 1 saturated carbocycles. The summed E-state index contributed by atoms with van der Waals surface area (Å²) in [6.45, 7) is 2.32. The van der Waals surface area contributed by atoms with Crippen LogP contribution in [0.2, 0.25) is 10.0 Å².